The van der Waals surface area contributed by atoms with Gasteiger partial charge in [0.05, 0.1) is 5.39 Å². The molecule has 2 aliphatic rings. The molecule has 0 aliphatic heterocycles. The Morgan fingerprint density at radius 2 is 1.00 bits per heavy atom. The minimum Gasteiger partial charge on any atom is -0.511 e. The van der Waals surface area contributed by atoms with E-state index < -0.39 is 100 Å². The van der Waals surface area contributed by atoms with E-state index in [1.807, 2.05) is 0 Å². The van der Waals surface area contributed by atoms with Crippen LogP contribution in [0.4, 0.5) is 79.0 Å². The number of fused-ring (bicyclic) bond motifs is 2. The van der Waals surface area contributed by atoms with Gasteiger partial charge in [0.15, 0.2) is 11.6 Å². The van der Waals surface area contributed by atoms with Gasteiger partial charge >= 0.3 is 48.8 Å². The summed E-state index contributed by atoms with van der Waals surface area (Å²) < 4.78 is 264. The zero-order chi connectivity index (χ0) is 32.4. The van der Waals surface area contributed by atoms with Crippen LogP contribution >= 0.6 is 0 Å². The quantitative estimate of drug-likeness (QED) is 0.287. The van der Waals surface area contributed by atoms with Crippen molar-refractivity contribution in [1.29, 1.82) is 0 Å². The average molecular weight is 648 g/mol. The molecular weight excluding hydrogens is 641 g/mol. The normalized spacial score (nSPS) is 31.3. The van der Waals surface area contributed by atoms with Gasteiger partial charge in [-0.25, -0.2) is 17.6 Å². The highest BCUT2D eigenvalue weighted by atomic mass is 19.4. The van der Waals surface area contributed by atoms with Crippen LogP contribution in [0.25, 0.3) is 10.8 Å². The predicted molar refractivity (Wildman–Crippen MR) is 99.0 cm³/mol. The monoisotopic (exact) mass is 648 g/mol. The van der Waals surface area contributed by atoms with Crippen molar-refractivity contribution in [2.75, 3.05) is 0 Å². The summed E-state index contributed by atoms with van der Waals surface area (Å²) in [5.74, 6) is -79.0. The molecule has 0 amide bonds. The third kappa shape index (κ3) is 3.49. The molecular formula is C20H7BF18O3. The summed E-state index contributed by atoms with van der Waals surface area (Å²) in [6, 6.07) is 0.998. The molecule has 2 aromatic rings. The van der Waals surface area contributed by atoms with E-state index in [4.69, 9.17) is 0 Å². The fourth-order valence-corrected chi connectivity index (χ4v) is 4.77. The standard InChI is InChI=1S/C20H7BF18O3/c22-6-3-4-8(5-1-2-7(23)10(24)9(5)6)41-21(40)42-16(31)12-11(14(27,28)19(36,37)20(16,38)39)13(25,26)17(32,33)18(34,35)15(12,29)30/h1-4,11-12,40H. The van der Waals surface area contributed by atoms with E-state index in [1.165, 1.54) is 0 Å². The maximum Gasteiger partial charge on any atom is 0.712 e. The Morgan fingerprint density at radius 1 is 0.571 bits per heavy atom. The number of hydrogen-bond donors (Lipinski definition) is 1. The second kappa shape index (κ2) is 8.66. The molecule has 0 bridgehead atoms. The molecule has 0 radical (unpaired) electrons. The van der Waals surface area contributed by atoms with E-state index in [2.05, 4.69) is 9.31 Å². The Labute approximate surface area is 219 Å². The molecule has 0 spiro atoms. The Morgan fingerprint density at radius 3 is 1.50 bits per heavy atom. The molecule has 0 aromatic heterocycles. The summed E-state index contributed by atoms with van der Waals surface area (Å²) in [4.78, 5) is 0. The molecule has 3 nitrogen and oxygen atoms in total. The maximum absolute atomic E-state index is 15.6. The Bertz CT molecular complexity index is 1420. The molecule has 42 heavy (non-hydrogen) atoms. The molecule has 0 heterocycles. The van der Waals surface area contributed by atoms with Crippen molar-refractivity contribution in [2.24, 2.45) is 11.8 Å². The van der Waals surface area contributed by atoms with E-state index in [0.717, 1.165) is 0 Å². The molecule has 3 unspecified atom stereocenters. The summed E-state index contributed by atoms with van der Waals surface area (Å²) in [5.41, 5.74) is 0. The van der Waals surface area contributed by atoms with Crippen LogP contribution in [-0.2, 0) is 4.65 Å². The summed E-state index contributed by atoms with van der Waals surface area (Å²) in [5, 5.41) is 7.32. The smallest absolute Gasteiger partial charge is 0.511 e. The first-order chi connectivity index (χ1) is 18.7. The van der Waals surface area contributed by atoms with Crippen LogP contribution in [0.5, 0.6) is 5.75 Å². The lowest BCUT2D eigenvalue weighted by molar-refractivity contribution is -0.520. The van der Waals surface area contributed by atoms with E-state index in [1.54, 1.807) is 0 Å². The minimum absolute atomic E-state index is 0.149. The number of benzene rings is 2. The van der Waals surface area contributed by atoms with Gasteiger partial charge < -0.3 is 14.3 Å². The van der Waals surface area contributed by atoms with Crippen molar-refractivity contribution < 1.29 is 93.4 Å². The van der Waals surface area contributed by atoms with Crippen LogP contribution in [0.2, 0.25) is 0 Å². The fraction of sp³-hybridized carbons (Fsp3) is 0.500. The van der Waals surface area contributed by atoms with Crippen molar-refractivity contribution >= 4 is 18.1 Å². The summed E-state index contributed by atoms with van der Waals surface area (Å²) >= 11 is 0. The molecule has 3 atom stereocenters. The third-order valence-electron chi connectivity index (χ3n) is 6.86. The van der Waals surface area contributed by atoms with Gasteiger partial charge in [0.25, 0.3) is 5.85 Å². The van der Waals surface area contributed by atoms with Gasteiger partial charge in [0.2, 0.25) is 0 Å². The topological polar surface area (TPSA) is 38.7 Å². The van der Waals surface area contributed by atoms with Crippen LogP contribution in [0.15, 0.2) is 24.3 Å². The molecule has 22 heteroatoms. The van der Waals surface area contributed by atoms with Gasteiger partial charge in [-0.1, -0.05) is 0 Å². The highest BCUT2D eigenvalue weighted by Crippen LogP contribution is 2.76. The van der Waals surface area contributed by atoms with E-state index in [9.17, 15) is 79.7 Å². The first-order valence-electron chi connectivity index (χ1n) is 10.6. The molecule has 234 valence electrons. The summed E-state index contributed by atoms with van der Waals surface area (Å²) in [6.07, 6.45) is 0. The lowest BCUT2D eigenvalue weighted by Gasteiger charge is -2.60. The zero-order valence-corrected chi connectivity index (χ0v) is 19.1. The highest BCUT2D eigenvalue weighted by molar-refractivity contribution is 6.36. The number of halogens is 18. The van der Waals surface area contributed by atoms with E-state index in [0.29, 0.717) is 6.07 Å². The van der Waals surface area contributed by atoms with Crippen molar-refractivity contribution in [1.82, 2.24) is 0 Å². The first kappa shape index (κ1) is 32.1. The van der Waals surface area contributed by atoms with Crippen LogP contribution in [0.3, 0.4) is 0 Å². The molecule has 0 saturated heterocycles. The van der Waals surface area contributed by atoms with Crippen LogP contribution in [0.1, 0.15) is 0 Å². The lowest BCUT2D eigenvalue weighted by Crippen LogP contribution is -2.87. The largest absolute Gasteiger partial charge is 0.712 e. The van der Waals surface area contributed by atoms with Gasteiger partial charge in [-0.3, -0.25) is 0 Å². The number of hydrogen-bond acceptors (Lipinski definition) is 3. The molecule has 2 aliphatic carbocycles. The Balaban J connectivity index is 1.91. The molecule has 2 fully saturated rings. The second-order valence-electron chi connectivity index (χ2n) is 9.14. The maximum atomic E-state index is 15.6. The SMILES string of the molecule is OB(Oc1ccc(F)c2c(F)c(F)ccc12)OC1(F)C2C(C(F)(F)C(F)(F)C(F)(F)C2(F)F)C(F)(F)C(F)(F)C1(F)F. The molecule has 1 N–H and O–H groups in total. The van der Waals surface area contributed by atoms with Gasteiger partial charge in [-0.2, -0.15) is 61.5 Å². The van der Waals surface area contributed by atoms with Gasteiger partial charge in [0.1, 0.15) is 23.4 Å². The van der Waals surface area contributed by atoms with Crippen molar-refractivity contribution in [3.8, 4) is 5.75 Å². The summed E-state index contributed by atoms with van der Waals surface area (Å²) in [6.45, 7) is 0. The van der Waals surface area contributed by atoms with Gasteiger partial charge in [0, 0.05) is 5.39 Å². The zero-order valence-electron chi connectivity index (χ0n) is 19.1. The van der Waals surface area contributed by atoms with Crippen LogP contribution in [-0.4, -0.2) is 59.7 Å². The van der Waals surface area contributed by atoms with Crippen molar-refractivity contribution in [3.05, 3.63) is 41.7 Å². The minimum atomic E-state index is -7.70. The average Bonchev–Trinajstić information content (AvgIpc) is 2.83. The lowest BCUT2D eigenvalue weighted by atomic mass is 9.57. The highest BCUT2D eigenvalue weighted by Gasteiger charge is 3.02. The molecule has 4 rings (SSSR count). The Kier molecular flexibility index (Phi) is 6.63. The number of alkyl halides is 15. The van der Waals surface area contributed by atoms with Gasteiger partial charge in [-0.15, -0.1) is 0 Å². The van der Waals surface area contributed by atoms with E-state index >= 15 is 4.39 Å². The van der Waals surface area contributed by atoms with Crippen molar-refractivity contribution in [2.45, 2.75) is 47.3 Å². The third-order valence-corrected chi connectivity index (χ3v) is 6.86. The predicted octanol–water partition coefficient (Wildman–Crippen LogP) is 7.00. The van der Waals surface area contributed by atoms with Crippen LogP contribution in [0, 0.1) is 29.3 Å². The summed E-state index contributed by atoms with van der Waals surface area (Å²) in [7, 11) is -4.19. The number of rotatable bonds is 4. The van der Waals surface area contributed by atoms with Crippen LogP contribution < -0.4 is 4.65 Å². The molecule has 2 aromatic carbocycles. The van der Waals surface area contributed by atoms with E-state index in [-0.39, 0.29) is 18.2 Å². The second-order valence-corrected chi connectivity index (χ2v) is 9.14. The van der Waals surface area contributed by atoms with Gasteiger partial charge in [-0.05, 0) is 24.3 Å². The first-order valence-corrected chi connectivity index (χ1v) is 10.6. The van der Waals surface area contributed by atoms with Crippen molar-refractivity contribution in [3.63, 3.8) is 0 Å². The Hall–Kier alpha value is -2.78. The fourth-order valence-electron chi connectivity index (χ4n) is 4.77. The molecule has 2 saturated carbocycles.